The van der Waals surface area contributed by atoms with E-state index >= 15 is 0 Å². The quantitative estimate of drug-likeness (QED) is 0.337. The summed E-state index contributed by atoms with van der Waals surface area (Å²) in [7, 11) is 1.88. The van der Waals surface area contributed by atoms with Gasteiger partial charge in [0.1, 0.15) is 5.56 Å². The number of pyridine rings is 1. The lowest BCUT2D eigenvalue weighted by Crippen LogP contribution is -2.18. The molecule has 0 saturated carbocycles. The first-order valence-electron chi connectivity index (χ1n) is 8.43. The molecule has 0 saturated heterocycles. The minimum Gasteiger partial charge on any atom is -0.383 e. The second kappa shape index (κ2) is 8.24. The zero-order valence-electron chi connectivity index (χ0n) is 14.7. The average molecular weight is 365 g/mol. The van der Waals surface area contributed by atoms with E-state index in [-0.39, 0.29) is 11.3 Å². The molecule has 0 radical (unpaired) electrons. The van der Waals surface area contributed by atoms with Crippen molar-refractivity contribution in [3.05, 3.63) is 70.4 Å². The molecule has 3 N–H and O–H groups in total. The predicted octanol–water partition coefficient (Wildman–Crippen LogP) is 3.03. The molecule has 138 valence electrons. The molecular formula is C19H19N5O3. The molecule has 0 aliphatic rings. The zero-order valence-corrected chi connectivity index (χ0v) is 14.7. The first-order chi connectivity index (χ1) is 13.1. The maximum atomic E-state index is 12.6. The van der Waals surface area contributed by atoms with Gasteiger partial charge in [-0.2, -0.15) is 0 Å². The van der Waals surface area contributed by atoms with Gasteiger partial charge in [0.25, 0.3) is 11.6 Å². The van der Waals surface area contributed by atoms with Crippen molar-refractivity contribution in [1.29, 1.82) is 0 Å². The molecule has 0 atom stereocenters. The number of hydrogen-bond acceptors (Lipinski definition) is 6. The molecular weight excluding hydrogens is 346 g/mol. The number of benzene rings is 2. The third kappa shape index (κ3) is 4.01. The fraction of sp³-hybridized carbons (Fsp3) is 0.158. The van der Waals surface area contributed by atoms with Crippen molar-refractivity contribution >= 4 is 33.9 Å². The van der Waals surface area contributed by atoms with E-state index in [0.29, 0.717) is 11.2 Å². The number of nitrogens with one attached hydrogen (secondary N) is 3. The number of nitrogens with zero attached hydrogens (tertiary/aromatic N) is 2. The monoisotopic (exact) mass is 365 g/mol. The first kappa shape index (κ1) is 18.3. The molecule has 1 amide bonds. The second-order valence-electron chi connectivity index (χ2n) is 5.82. The van der Waals surface area contributed by atoms with Gasteiger partial charge < -0.3 is 16.0 Å². The first-order valence-corrected chi connectivity index (χ1v) is 8.43. The molecule has 8 heteroatoms. The van der Waals surface area contributed by atoms with Gasteiger partial charge in [-0.25, -0.2) is 0 Å². The van der Waals surface area contributed by atoms with Gasteiger partial charge in [-0.3, -0.25) is 19.9 Å². The van der Waals surface area contributed by atoms with Gasteiger partial charge >= 0.3 is 0 Å². The van der Waals surface area contributed by atoms with Gasteiger partial charge in [0.2, 0.25) is 0 Å². The van der Waals surface area contributed by atoms with Crippen LogP contribution in [0, 0.1) is 10.1 Å². The standard InChI is InChI=1S/C19H19N5O3/c1-20-11-12-21-15-9-10-22-18-13(15)6-4-7-16(18)23-19(25)14-5-2-3-8-17(14)24(26)27/h2-10,20H,11-12H2,1H3,(H,21,22)(H,23,25). The highest BCUT2D eigenvalue weighted by Crippen LogP contribution is 2.28. The van der Waals surface area contributed by atoms with Gasteiger partial charge in [-0.05, 0) is 25.2 Å². The van der Waals surface area contributed by atoms with E-state index in [0.717, 1.165) is 24.2 Å². The summed E-state index contributed by atoms with van der Waals surface area (Å²) in [4.78, 5) is 27.6. The van der Waals surface area contributed by atoms with Crippen molar-refractivity contribution in [1.82, 2.24) is 10.3 Å². The summed E-state index contributed by atoms with van der Waals surface area (Å²) in [6, 6.07) is 13.2. The van der Waals surface area contributed by atoms with E-state index in [1.54, 1.807) is 18.3 Å². The third-order valence-electron chi connectivity index (χ3n) is 4.06. The van der Waals surface area contributed by atoms with Crippen molar-refractivity contribution in [3.63, 3.8) is 0 Å². The summed E-state index contributed by atoms with van der Waals surface area (Å²) in [6.07, 6.45) is 1.66. The topological polar surface area (TPSA) is 109 Å². The van der Waals surface area contributed by atoms with Crippen LogP contribution in [0.4, 0.5) is 17.1 Å². The summed E-state index contributed by atoms with van der Waals surface area (Å²) < 4.78 is 0. The number of anilines is 2. The van der Waals surface area contributed by atoms with Crippen molar-refractivity contribution in [2.75, 3.05) is 30.8 Å². The Kier molecular flexibility index (Phi) is 5.58. The lowest BCUT2D eigenvalue weighted by molar-refractivity contribution is -0.385. The SMILES string of the molecule is CNCCNc1ccnc2c(NC(=O)c3ccccc3[N+](=O)[O-])cccc12. The van der Waals surface area contributed by atoms with E-state index in [1.807, 2.05) is 25.2 Å². The Labute approximate surface area is 155 Å². The minimum atomic E-state index is -0.569. The van der Waals surface area contributed by atoms with E-state index in [4.69, 9.17) is 0 Å². The molecule has 0 aliphatic carbocycles. The van der Waals surface area contributed by atoms with Crippen molar-refractivity contribution < 1.29 is 9.72 Å². The van der Waals surface area contributed by atoms with Crippen molar-refractivity contribution in [3.8, 4) is 0 Å². The van der Waals surface area contributed by atoms with E-state index < -0.39 is 10.8 Å². The highest BCUT2D eigenvalue weighted by molar-refractivity contribution is 6.11. The van der Waals surface area contributed by atoms with Crippen LogP contribution in [-0.4, -0.2) is 36.0 Å². The van der Waals surface area contributed by atoms with Gasteiger partial charge in [0.05, 0.1) is 16.1 Å². The summed E-state index contributed by atoms with van der Waals surface area (Å²) in [6.45, 7) is 1.54. The summed E-state index contributed by atoms with van der Waals surface area (Å²) >= 11 is 0. The number of aromatic nitrogens is 1. The summed E-state index contributed by atoms with van der Waals surface area (Å²) in [5.74, 6) is -0.551. The van der Waals surface area contributed by atoms with Crippen LogP contribution in [0.2, 0.25) is 0 Å². The molecule has 27 heavy (non-hydrogen) atoms. The summed E-state index contributed by atoms with van der Waals surface area (Å²) in [5.41, 5.74) is 1.77. The Bertz CT molecular complexity index is 990. The van der Waals surface area contributed by atoms with Gasteiger partial charge in [0, 0.05) is 36.4 Å². The molecule has 8 nitrogen and oxygen atoms in total. The number of carbonyl (C=O) groups is 1. The van der Waals surface area contributed by atoms with E-state index in [9.17, 15) is 14.9 Å². The highest BCUT2D eigenvalue weighted by Gasteiger charge is 2.20. The molecule has 0 aliphatic heterocycles. The van der Waals surface area contributed by atoms with Gasteiger partial charge in [-0.1, -0.05) is 24.3 Å². The number of carbonyl (C=O) groups excluding carboxylic acids is 1. The highest BCUT2D eigenvalue weighted by atomic mass is 16.6. The molecule has 0 spiro atoms. The molecule has 1 heterocycles. The number of hydrogen-bond donors (Lipinski definition) is 3. The molecule has 1 aromatic heterocycles. The number of fused-ring (bicyclic) bond motifs is 1. The van der Waals surface area contributed by atoms with Crippen LogP contribution >= 0.6 is 0 Å². The molecule has 0 fully saturated rings. The Morgan fingerprint density at radius 1 is 1.07 bits per heavy atom. The molecule has 3 rings (SSSR count). The third-order valence-corrected chi connectivity index (χ3v) is 4.06. The average Bonchev–Trinajstić information content (AvgIpc) is 2.68. The van der Waals surface area contributed by atoms with Crippen LogP contribution in [0.15, 0.2) is 54.7 Å². The zero-order chi connectivity index (χ0) is 19.2. The van der Waals surface area contributed by atoms with Gasteiger partial charge in [0.15, 0.2) is 0 Å². The Hall–Kier alpha value is -3.52. The Morgan fingerprint density at radius 2 is 1.89 bits per heavy atom. The van der Waals surface area contributed by atoms with Crippen LogP contribution < -0.4 is 16.0 Å². The van der Waals surface area contributed by atoms with E-state index in [2.05, 4.69) is 20.9 Å². The fourth-order valence-electron chi connectivity index (χ4n) is 2.77. The Balaban J connectivity index is 1.93. The minimum absolute atomic E-state index is 0.00260. The lowest BCUT2D eigenvalue weighted by Gasteiger charge is -2.12. The van der Waals surface area contributed by atoms with Gasteiger partial charge in [-0.15, -0.1) is 0 Å². The van der Waals surface area contributed by atoms with Crippen LogP contribution in [-0.2, 0) is 0 Å². The number of rotatable bonds is 7. The van der Waals surface area contributed by atoms with Crippen LogP contribution in [0.1, 0.15) is 10.4 Å². The predicted molar refractivity (Wildman–Crippen MR) is 105 cm³/mol. The normalized spacial score (nSPS) is 10.6. The van der Waals surface area contributed by atoms with Crippen molar-refractivity contribution in [2.24, 2.45) is 0 Å². The fourth-order valence-corrected chi connectivity index (χ4v) is 2.77. The number of nitro benzene ring substituents is 1. The van der Waals surface area contributed by atoms with Crippen LogP contribution in [0.25, 0.3) is 10.9 Å². The molecule has 2 aromatic carbocycles. The number of nitro groups is 1. The van der Waals surface area contributed by atoms with Crippen LogP contribution in [0.3, 0.4) is 0 Å². The molecule has 0 bridgehead atoms. The molecule has 0 unspecified atom stereocenters. The summed E-state index contributed by atoms with van der Waals surface area (Å²) in [5, 5.41) is 21.1. The molecule has 3 aromatic rings. The number of likely N-dealkylation sites (N-methyl/N-ethyl adjacent to an activating group) is 1. The smallest absolute Gasteiger partial charge is 0.282 e. The Morgan fingerprint density at radius 3 is 2.67 bits per heavy atom. The number of amides is 1. The van der Waals surface area contributed by atoms with Crippen LogP contribution in [0.5, 0.6) is 0 Å². The maximum absolute atomic E-state index is 12.6. The maximum Gasteiger partial charge on any atom is 0.282 e. The van der Waals surface area contributed by atoms with E-state index in [1.165, 1.54) is 18.2 Å². The largest absolute Gasteiger partial charge is 0.383 e. The number of para-hydroxylation sites is 2. The second-order valence-corrected chi connectivity index (χ2v) is 5.82. The van der Waals surface area contributed by atoms with Crippen molar-refractivity contribution in [2.45, 2.75) is 0 Å². The lowest BCUT2D eigenvalue weighted by atomic mass is 10.1.